The number of hydrogen-bond donors (Lipinski definition) is 2. The van der Waals surface area contributed by atoms with Crippen LogP contribution in [0.1, 0.15) is 10.4 Å². The van der Waals surface area contributed by atoms with Crippen molar-refractivity contribution in [3.8, 4) is 0 Å². The van der Waals surface area contributed by atoms with Gasteiger partial charge in [0.1, 0.15) is 0 Å². The lowest BCUT2D eigenvalue weighted by Crippen LogP contribution is -2.40. The van der Waals surface area contributed by atoms with Gasteiger partial charge in [-0.3, -0.25) is 15.1 Å². The van der Waals surface area contributed by atoms with E-state index in [1.165, 1.54) is 0 Å². The minimum absolute atomic E-state index is 0.216. The van der Waals surface area contributed by atoms with E-state index in [0.717, 1.165) is 17.5 Å². The lowest BCUT2D eigenvalue weighted by Gasteiger charge is -2.08. The average Bonchev–Trinajstić information content (AvgIpc) is 2.82. The van der Waals surface area contributed by atoms with Crippen molar-refractivity contribution < 1.29 is 4.79 Å². The van der Waals surface area contributed by atoms with Crippen molar-refractivity contribution in [2.24, 2.45) is 4.99 Å². The number of carbonyl (C=O) groups excluding carboxylic acids is 1. The van der Waals surface area contributed by atoms with Crippen LogP contribution < -0.4 is 10.6 Å². The molecule has 0 saturated carbocycles. The van der Waals surface area contributed by atoms with Crippen LogP contribution >= 0.6 is 24.0 Å². The molecule has 0 spiro atoms. The van der Waals surface area contributed by atoms with Crippen LogP contribution in [0.25, 0.3) is 0 Å². The molecule has 0 fully saturated rings. The number of benzene rings is 1. The van der Waals surface area contributed by atoms with E-state index in [-0.39, 0.29) is 11.0 Å². The highest BCUT2D eigenvalue weighted by molar-refractivity contribution is 8.14. The molecule has 88 valence electrons. The van der Waals surface area contributed by atoms with Gasteiger partial charge in [0.05, 0.1) is 6.54 Å². The maximum atomic E-state index is 11.7. The molecular formula is C11H11N3OS2. The molecule has 1 aromatic rings. The van der Waals surface area contributed by atoms with Crippen molar-refractivity contribution in [2.45, 2.75) is 0 Å². The van der Waals surface area contributed by atoms with E-state index in [4.69, 9.17) is 12.2 Å². The van der Waals surface area contributed by atoms with Gasteiger partial charge in [-0.05, 0) is 24.4 Å². The van der Waals surface area contributed by atoms with Crippen LogP contribution in [0, 0.1) is 0 Å². The third-order valence-corrected chi connectivity index (χ3v) is 3.16. The Morgan fingerprint density at radius 2 is 2.12 bits per heavy atom. The summed E-state index contributed by atoms with van der Waals surface area (Å²) in [7, 11) is 0. The molecule has 1 aliphatic heterocycles. The summed E-state index contributed by atoms with van der Waals surface area (Å²) in [6.07, 6.45) is 0. The van der Waals surface area contributed by atoms with E-state index in [0.29, 0.717) is 5.56 Å². The monoisotopic (exact) mass is 265 g/mol. The van der Waals surface area contributed by atoms with E-state index in [9.17, 15) is 4.79 Å². The molecule has 0 bridgehead atoms. The molecule has 1 aromatic carbocycles. The number of amidine groups is 1. The molecule has 0 radical (unpaired) electrons. The fraction of sp³-hybridized carbons (Fsp3) is 0.182. The molecule has 2 N–H and O–H groups in total. The lowest BCUT2D eigenvalue weighted by atomic mass is 10.2. The number of rotatable bonds is 1. The standard InChI is InChI=1S/C11H11N3OS2/c15-9(8-4-2-1-3-5-8)13-10(16)14-11-12-6-7-17-11/h1-5H,6-7H2,(H2,12,13,14,15,16). The Bertz CT molecular complexity index is 459. The van der Waals surface area contributed by atoms with Crippen LogP contribution in [-0.4, -0.2) is 28.5 Å². The van der Waals surface area contributed by atoms with Crippen molar-refractivity contribution in [3.05, 3.63) is 35.9 Å². The van der Waals surface area contributed by atoms with Gasteiger partial charge in [-0.15, -0.1) is 0 Å². The summed E-state index contributed by atoms with van der Waals surface area (Å²) in [5.74, 6) is 0.740. The van der Waals surface area contributed by atoms with Gasteiger partial charge in [-0.1, -0.05) is 30.0 Å². The second-order valence-corrected chi connectivity index (χ2v) is 4.80. The third kappa shape index (κ3) is 3.54. The highest BCUT2D eigenvalue weighted by Gasteiger charge is 2.11. The fourth-order valence-electron chi connectivity index (χ4n) is 1.30. The zero-order chi connectivity index (χ0) is 12.1. The van der Waals surface area contributed by atoms with E-state index in [2.05, 4.69) is 15.6 Å². The molecule has 17 heavy (non-hydrogen) atoms. The Labute approximate surface area is 109 Å². The molecule has 1 amide bonds. The largest absolute Gasteiger partial charge is 0.312 e. The second kappa shape index (κ2) is 5.79. The van der Waals surface area contributed by atoms with Crippen LogP contribution in [-0.2, 0) is 0 Å². The number of carbonyl (C=O) groups is 1. The molecule has 4 nitrogen and oxygen atoms in total. The van der Waals surface area contributed by atoms with Crippen LogP contribution in [0.2, 0.25) is 0 Å². The molecule has 0 aromatic heterocycles. The minimum atomic E-state index is -0.216. The van der Waals surface area contributed by atoms with Gasteiger partial charge >= 0.3 is 0 Å². The van der Waals surface area contributed by atoms with Crippen LogP contribution in [0.3, 0.4) is 0 Å². The summed E-state index contributed by atoms with van der Waals surface area (Å²) in [5, 5.41) is 6.55. The van der Waals surface area contributed by atoms with E-state index in [1.807, 2.05) is 18.2 Å². The van der Waals surface area contributed by atoms with Crippen molar-refractivity contribution in [1.82, 2.24) is 10.6 Å². The minimum Gasteiger partial charge on any atom is -0.312 e. The van der Waals surface area contributed by atoms with Gasteiger partial charge in [-0.2, -0.15) is 0 Å². The van der Waals surface area contributed by atoms with E-state index < -0.39 is 0 Å². The molecular weight excluding hydrogens is 254 g/mol. The van der Waals surface area contributed by atoms with E-state index in [1.54, 1.807) is 23.9 Å². The molecule has 6 heteroatoms. The Morgan fingerprint density at radius 3 is 2.76 bits per heavy atom. The summed E-state index contributed by atoms with van der Waals surface area (Å²) in [5.41, 5.74) is 0.581. The molecule has 0 unspecified atom stereocenters. The Kier molecular flexibility index (Phi) is 4.11. The van der Waals surface area contributed by atoms with Gasteiger partial charge in [0, 0.05) is 11.3 Å². The summed E-state index contributed by atoms with van der Waals surface area (Å²) < 4.78 is 0. The van der Waals surface area contributed by atoms with Gasteiger partial charge in [0.25, 0.3) is 5.91 Å². The van der Waals surface area contributed by atoms with Gasteiger partial charge < -0.3 is 5.32 Å². The zero-order valence-electron chi connectivity index (χ0n) is 8.97. The maximum absolute atomic E-state index is 11.7. The highest BCUT2D eigenvalue weighted by Crippen LogP contribution is 2.08. The lowest BCUT2D eigenvalue weighted by molar-refractivity contribution is 0.0977. The molecule has 0 aliphatic carbocycles. The van der Waals surface area contributed by atoms with Gasteiger partial charge in [0.2, 0.25) is 0 Å². The van der Waals surface area contributed by atoms with Crippen LogP contribution in [0.4, 0.5) is 0 Å². The predicted molar refractivity (Wildman–Crippen MR) is 74.4 cm³/mol. The maximum Gasteiger partial charge on any atom is 0.257 e. The Hall–Kier alpha value is -1.40. The first kappa shape index (κ1) is 12.1. The first-order chi connectivity index (χ1) is 8.25. The summed E-state index contributed by atoms with van der Waals surface area (Å²) in [4.78, 5) is 15.9. The Balaban J connectivity index is 1.88. The number of aliphatic imine (C=N–C) groups is 1. The topological polar surface area (TPSA) is 53.5 Å². The number of nitrogens with zero attached hydrogens (tertiary/aromatic N) is 1. The highest BCUT2D eigenvalue weighted by atomic mass is 32.2. The zero-order valence-corrected chi connectivity index (χ0v) is 10.6. The first-order valence-electron chi connectivity index (χ1n) is 5.10. The third-order valence-electron chi connectivity index (χ3n) is 2.07. The normalized spacial score (nSPS) is 14.0. The molecule has 0 saturated heterocycles. The SMILES string of the molecule is O=C(NC(=S)NC1=NCCS1)c1ccccc1. The summed E-state index contributed by atoms with van der Waals surface area (Å²) in [6.45, 7) is 0.794. The molecule has 2 rings (SSSR count). The van der Waals surface area contributed by atoms with Crippen molar-refractivity contribution >= 4 is 40.2 Å². The molecule has 1 heterocycles. The average molecular weight is 265 g/mol. The van der Waals surface area contributed by atoms with Gasteiger partial charge in [0.15, 0.2) is 10.3 Å². The smallest absolute Gasteiger partial charge is 0.257 e. The van der Waals surface area contributed by atoms with Crippen molar-refractivity contribution in [1.29, 1.82) is 0 Å². The number of thiocarbonyl (C=S) groups is 1. The first-order valence-corrected chi connectivity index (χ1v) is 6.50. The Morgan fingerprint density at radius 1 is 1.35 bits per heavy atom. The number of thioether (sulfide) groups is 1. The van der Waals surface area contributed by atoms with Crippen molar-refractivity contribution in [3.63, 3.8) is 0 Å². The quantitative estimate of drug-likeness (QED) is 0.754. The summed E-state index contributed by atoms with van der Waals surface area (Å²) in [6, 6.07) is 8.95. The van der Waals surface area contributed by atoms with Crippen LogP contribution in [0.5, 0.6) is 0 Å². The summed E-state index contributed by atoms with van der Waals surface area (Å²) >= 11 is 6.62. The van der Waals surface area contributed by atoms with Gasteiger partial charge in [-0.25, -0.2) is 0 Å². The number of amides is 1. The second-order valence-electron chi connectivity index (χ2n) is 3.31. The predicted octanol–water partition coefficient (Wildman–Crippen LogP) is 1.39. The number of hydrogen-bond acceptors (Lipinski definition) is 4. The molecule has 1 aliphatic rings. The van der Waals surface area contributed by atoms with E-state index >= 15 is 0 Å². The molecule has 0 atom stereocenters. The van der Waals surface area contributed by atoms with Crippen molar-refractivity contribution in [2.75, 3.05) is 12.3 Å². The number of nitrogens with one attached hydrogen (secondary N) is 2. The fourth-order valence-corrected chi connectivity index (χ4v) is 2.29. The van der Waals surface area contributed by atoms with Crippen LogP contribution in [0.15, 0.2) is 35.3 Å².